The highest BCUT2D eigenvalue weighted by molar-refractivity contribution is 5.68. The number of hydrogen-bond donors (Lipinski definition) is 0. The molecule has 13 heavy (non-hydrogen) atoms. The summed E-state index contributed by atoms with van der Waals surface area (Å²) >= 11 is 0. The van der Waals surface area contributed by atoms with Gasteiger partial charge in [-0.15, -0.1) is 0 Å². The molecule has 2 aromatic heterocycles. The number of carbonyl (C=O) groups excluding carboxylic acids is 1. The summed E-state index contributed by atoms with van der Waals surface area (Å²) in [7, 11) is 0. The van der Waals surface area contributed by atoms with Crippen LogP contribution in [0.4, 0.5) is 0 Å². The summed E-state index contributed by atoms with van der Waals surface area (Å²) < 4.78 is 5.05. The third kappa shape index (κ3) is 1.44. The third-order valence-corrected chi connectivity index (χ3v) is 1.46. The first kappa shape index (κ1) is 7.60. The minimum Gasteiger partial charge on any atom is -0.432 e. The molecule has 0 bridgehead atoms. The van der Waals surface area contributed by atoms with Crippen LogP contribution in [0.15, 0.2) is 29.2 Å². The maximum absolute atomic E-state index is 10.3. The molecule has 0 N–H and O–H groups in total. The molecule has 0 aliphatic rings. The van der Waals surface area contributed by atoms with Gasteiger partial charge in [0.1, 0.15) is 12.0 Å². The van der Waals surface area contributed by atoms with Crippen LogP contribution in [0.3, 0.4) is 0 Å². The van der Waals surface area contributed by atoms with E-state index in [0.717, 1.165) is 0 Å². The highest BCUT2D eigenvalue weighted by atomic mass is 16.4. The first-order valence-corrected chi connectivity index (χ1v) is 3.57. The van der Waals surface area contributed by atoms with Crippen LogP contribution in [0.1, 0.15) is 10.7 Å². The molecule has 0 saturated heterocycles. The van der Waals surface area contributed by atoms with Gasteiger partial charge >= 0.3 is 0 Å². The zero-order valence-corrected chi connectivity index (χ0v) is 6.54. The molecular weight excluding hydrogens is 170 g/mol. The molecule has 0 aliphatic heterocycles. The monoisotopic (exact) mass is 175 g/mol. The van der Waals surface area contributed by atoms with Crippen molar-refractivity contribution < 1.29 is 9.21 Å². The van der Waals surface area contributed by atoms with Crippen molar-refractivity contribution >= 4 is 6.29 Å². The Morgan fingerprint density at radius 2 is 2.31 bits per heavy atom. The summed E-state index contributed by atoms with van der Waals surface area (Å²) in [6.07, 6.45) is 4.99. The standard InChI is InChI=1S/C8H5N3O2/c12-4-8-10-3-7(13-8)6-1-2-9-5-11-6/h1-5H. The van der Waals surface area contributed by atoms with Crippen molar-refractivity contribution in [1.82, 2.24) is 15.0 Å². The van der Waals surface area contributed by atoms with Crippen LogP contribution in [0.25, 0.3) is 11.5 Å². The zero-order chi connectivity index (χ0) is 9.10. The Labute approximate surface area is 73.5 Å². The van der Waals surface area contributed by atoms with Crippen molar-refractivity contribution in [2.45, 2.75) is 0 Å². The number of rotatable bonds is 2. The summed E-state index contributed by atoms with van der Waals surface area (Å²) in [6, 6.07) is 1.68. The van der Waals surface area contributed by atoms with Gasteiger partial charge in [0.05, 0.1) is 6.20 Å². The van der Waals surface area contributed by atoms with Gasteiger partial charge in [0.2, 0.25) is 6.29 Å². The summed E-state index contributed by atoms with van der Waals surface area (Å²) in [5.41, 5.74) is 0.607. The summed E-state index contributed by atoms with van der Waals surface area (Å²) in [6.45, 7) is 0. The highest BCUT2D eigenvalue weighted by Gasteiger charge is 2.05. The van der Waals surface area contributed by atoms with E-state index in [0.29, 0.717) is 17.7 Å². The second kappa shape index (κ2) is 3.14. The number of aldehydes is 1. The van der Waals surface area contributed by atoms with E-state index in [9.17, 15) is 4.79 Å². The minimum atomic E-state index is 0.0496. The second-order valence-corrected chi connectivity index (χ2v) is 2.28. The molecule has 0 amide bonds. The predicted octanol–water partition coefficient (Wildman–Crippen LogP) is 0.944. The van der Waals surface area contributed by atoms with Crippen LogP contribution >= 0.6 is 0 Å². The van der Waals surface area contributed by atoms with Crippen molar-refractivity contribution in [3.8, 4) is 11.5 Å². The van der Waals surface area contributed by atoms with Crippen LogP contribution in [0.2, 0.25) is 0 Å². The number of carbonyl (C=O) groups is 1. The Balaban J connectivity index is 2.41. The summed E-state index contributed by atoms with van der Waals surface area (Å²) in [4.78, 5) is 21.7. The Bertz CT molecular complexity index is 410. The van der Waals surface area contributed by atoms with Crippen molar-refractivity contribution in [2.75, 3.05) is 0 Å². The van der Waals surface area contributed by atoms with Gasteiger partial charge in [-0.3, -0.25) is 4.79 Å². The Kier molecular flexibility index (Phi) is 1.84. The fraction of sp³-hybridized carbons (Fsp3) is 0. The maximum Gasteiger partial charge on any atom is 0.260 e. The lowest BCUT2D eigenvalue weighted by atomic mass is 10.3. The molecular formula is C8H5N3O2. The molecule has 2 rings (SSSR count). The van der Waals surface area contributed by atoms with E-state index in [1.165, 1.54) is 12.5 Å². The Morgan fingerprint density at radius 3 is 2.92 bits per heavy atom. The molecule has 2 heterocycles. The summed E-state index contributed by atoms with van der Waals surface area (Å²) in [5.74, 6) is 0.512. The lowest BCUT2D eigenvalue weighted by molar-refractivity contribution is 0.109. The normalized spacial score (nSPS) is 9.85. The molecule has 0 saturated carbocycles. The van der Waals surface area contributed by atoms with Crippen LogP contribution < -0.4 is 0 Å². The first-order valence-electron chi connectivity index (χ1n) is 3.57. The molecule has 5 nitrogen and oxygen atoms in total. The van der Waals surface area contributed by atoms with Crippen LogP contribution in [0, 0.1) is 0 Å². The van der Waals surface area contributed by atoms with Gasteiger partial charge in [-0.2, -0.15) is 0 Å². The molecule has 5 heteroatoms. The van der Waals surface area contributed by atoms with Crippen LogP contribution in [0.5, 0.6) is 0 Å². The number of nitrogens with zero attached hydrogens (tertiary/aromatic N) is 3. The van der Waals surface area contributed by atoms with E-state index in [1.807, 2.05) is 0 Å². The van der Waals surface area contributed by atoms with Gasteiger partial charge in [-0.05, 0) is 6.07 Å². The SMILES string of the molecule is O=Cc1ncc(-c2ccncn2)o1. The fourth-order valence-corrected chi connectivity index (χ4v) is 0.897. The highest BCUT2D eigenvalue weighted by Crippen LogP contribution is 2.15. The second-order valence-electron chi connectivity index (χ2n) is 2.28. The molecule has 0 spiro atoms. The lowest BCUT2D eigenvalue weighted by Gasteiger charge is -1.90. The van der Waals surface area contributed by atoms with E-state index in [1.54, 1.807) is 12.3 Å². The van der Waals surface area contributed by atoms with E-state index in [4.69, 9.17) is 4.42 Å². The van der Waals surface area contributed by atoms with E-state index in [2.05, 4.69) is 15.0 Å². The van der Waals surface area contributed by atoms with Gasteiger partial charge in [-0.25, -0.2) is 15.0 Å². The average Bonchev–Trinajstić information content (AvgIpc) is 2.67. The van der Waals surface area contributed by atoms with E-state index < -0.39 is 0 Å². The number of oxazole rings is 1. The Morgan fingerprint density at radius 1 is 1.38 bits per heavy atom. The Hall–Kier alpha value is -2.04. The van der Waals surface area contributed by atoms with Crippen LogP contribution in [-0.4, -0.2) is 21.2 Å². The summed E-state index contributed by atoms with van der Waals surface area (Å²) in [5, 5.41) is 0. The van der Waals surface area contributed by atoms with Crippen molar-refractivity contribution in [1.29, 1.82) is 0 Å². The maximum atomic E-state index is 10.3. The molecule has 0 unspecified atom stereocenters. The smallest absolute Gasteiger partial charge is 0.260 e. The fourth-order valence-electron chi connectivity index (χ4n) is 0.897. The predicted molar refractivity (Wildman–Crippen MR) is 42.9 cm³/mol. The van der Waals surface area contributed by atoms with Gasteiger partial charge in [0, 0.05) is 6.20 Å². The number of aromatic nitrogens is 3. The van der Waals surface area contributed by atoms with Gasteiger partial charge in [0.25, 0.3) is 5.89 Å². The lowest BCUT2D eigenvalue weighted by Crippen LogP contribution is -1.80. The zero-order valence-electron chi connectivity index (χ0n) is 6.54. The molecule has 0 radical (unpaired) electrons. The average molecular weight is 175 g/mol. The molecule has 64 valence electrons. The first-order chi connectivity index (χ1) is 6.40. The van der Waals surface area contributed by atoms with Crippen molar-refractivity contribution in [3.63, 3.8) is 0 Å². The molecule has 2 aromatic rings. The third-order valence-electron chi connectivity index (χ3n) is 1.46. The van der Waals surface area contributed by atoms with Gasteiger partial charge in [0.15, 0.2) is 5.76 Å². The molecule has 0 aromatic carbocycles. The largest absolute Gasteiger partial charge is 0.432 e. The molecule has 0 atom stereocenters. The van der Waals surface area contributed by atoms with Crippen molar-refractivity contribution in [3.05, 3.63) is 30.7 Å². The van der Waals surface area contributed by atoms with Gasteiger partial charge < -0.3 is 4.42 Å². The van der Waals surface area contributed by atoms with E-state index >= 15 is 0 Å². The van der Waals surface area contributed by atoms with E-state index in [-0.39, 0.29) is 5.89 Å². The molecule has 0 fully saturated rings. The van der Waals surface area contributed by atoms with Crippen LogP contribution in [-0.2, 0) is 0 Å². The quantitative estimate of drug-likeness (QED) is 0.635. The molecule has 0 aliphatic carbocycles. The number of hydrogen-bond acceptors (Lipinski definition) is 5. The topological polar surface area (TPSA) is 68.9 Å². The minimum absolute atomic E-state index is 0.0496. The van der Waals surface area contributed by atoms with Gasteiger partial charge in [-0.1, -0.05) is 0 Å². The van der Waals surface area contributed by atoms with Crippen molar-refractivity contribution in [2.24, 2.45) is 0 Å².